The Labute approximate surface area is 167 Å². The number of hydrogen-bond acceptors (Lipinski definition) is 5. The first-order valence-electron chi connectivity index (χ1n) is 9.05. The first kappa shape index (κ1) is 18.4. The fourth-order valence-electron chi connectivity index (χ4n) is 3.00. The zero-order chi connectivity index (χ0) is 20.2. The van der Waals surface area contributed by atoms with Crippen molar-refractivity contribution >= 4 is 23.4 Å². The number of para-hydroxylation sites is 1. The maximum atomic E-state index is 12.7. The maximum Gasteiger partial charge on any atom is 0.409 e. The molecule has 0 aliphatic carbocycles. The van der Waals surface area contributed by atoms with E-state index >= 15 is 0 Å². The number of nitrogens with one attached hydrogen (secondary N) is 2. The predicted molar refractivity (Wildman–Crippen MR) is 107 cm³/mol. The van der Waals surface area contributed by atoms with Crippen molar-refractivity contribution in [3.63, 3.8) is 0 Å². The number of alkyl carbamates (subject to hydrolysis) is 1. The summed E-state index contributed by atoms with van der Waals surface area (Å²) in [6, 6.07) is 16.6. The van der Waals surface area contributed by atoms with Gasteiger partial charge in [-0.15, -0.1) is 0 Å². The largest absolute Gasteiger partial charge is 0.445 e. The second-order valence-corrected chi connectivity index (χ2v) is 6.48. The quantitative estimate of drug-likeness (QED) is 0.716. The van der Waals surface area contributed by atoms with Crippen LogP contribution in [-0.2, 0) is 23.2 Å². The average molecular weight is 389 g/mol. The number of amides is 2. The Morgan fingerprint density at radius 3 is 2.69 bits per heavy atom. The maximum absolute atomic E-state index is 12.7. The molecule has 2 aromatic carbocycles. The normalized spacial score (nSPS) is 15.6. The van der Waals surface area contributed by atoms with E-state index in [4.69, 9.17) is 4.74 Å². The van der Waals surface area contributed by atoms with E-state index in [-0.39, 0.29) is 6.61 Å². The molecule has 1 aliphatic rings. The van der Waals surface area contributed by atoms with E-state index in [0.29, 0.717) is 17.2 Å². The molecule has 29 heavy (non-hydrogen) atoms. The van der Waals surface area contributed by atoms with Crippen LogP contribution in [0.1, 0.15) is 17.0 Å². The minimum absolute atomic E-state index is 0.0944. The van der Waals surface area contributed by atoms with Gasteiger partial charge in [0.05, 0.1) is 5.69 Å². The molecule has 2 amide bonds. The van der Waals surface area contributed by atoms with Crippen LogP contribution >= 0.6 is 0 Å². The van der Waals surface area contributed by atoms with Gasteiger partial charge in [0.2, 0.25) is 6.17 Å². The standard InChI is InChI=1S/C21H19N5O3/c1-26-12-11-22-19(26)17-15-9-5-6-10-16(15)23-20(27)18(24-17)25-21(28)29-13-14-7-3-2-4-8-14/h2-12,18H,13H2,1H3,(H,23,27)(H,25,28). The van der Waals surface area contributed by atoms with Crippen molar-refractivity contribution in [2.24, 2.45) is 12.0 Å². The van der Waals surface area contributed by atoms with Crippen LogP contribution in [0.4, 0.5) is 10.5 Å². The van der Waals surface area contributed by atoms with E-state index in [9.17, 15) is 9.59 Å². The minimum atomic E-state index is -1.16. The number of anilines is 1. The third-order valence-corrected chi connectivity index (χ3v) is 4.45. The molecular weight excluding hydrogens is 370 g/mol. The van der Waals surface area contributed by atoms with E-state index in [1.807, 2.05) is 55.6 Å². The Balaban J connectivity index is 1.59. The molecule has 0 spiro atoms. The summed E-state index contributed by atoms with van der Waals surface area (Å²) in [5, 5.41) is 5.33. The topological polar surface area (TPSA) is 97.6 Å². The predicted octanol–water partition coefficient (Wildman–Crippen LogP) is 2.46. The molecule has 4 rings (SSSR count). The molecule has 1 atom stereocenters. The molecule has 1 aromatic heterocycles. The summed E-state index contributed by atoms with van der Waals surface area (Å²) >= 11 is 0. The van der Waals surface area contributed by atoms with Crippen LogP contribution in [-0.4, -0.2) is 33.4 Å². The Kier molecular flexibility index (Phi) is 5.07. The molecule has 0 radical (unpaired) electrons. The van der Waals surface area contributed by atoms with Crippen molar-refractivity contribution in [2.75, 3.05) is 5.32 Å². The van der Waals surface area contributed by atoms with E-state index in [1.54, 1.807) is 23.0 Å². The average Bonchev–Trinajstić information content (AvgIpc) is 3.10. The van der Waals surface area contributed by atoms with Gasteiger partial charge in [0.25, 0.3) is 5.91 Å². The third-order valence-electron chi connectivity index (χ3n) is 4.45. The number of benzodiazepines with no additional fused rings is 1. The van der Waals surface area contributed by atoms with Gasteiger partial charge in [-0.25, -0.2) is 14.8 Å². The van der Waals surface area contributed by atoms with Crippen LogP contribution in [0.25, 0.3) is 0 Å². The number of rotatable bonds is 4. The number of aliphatic imine (C=N–C) groups is 1. The second-order valence-electron chi connectivity index (χ2n) is 6.48. The molecule has 0 fully saturated rings. The molecular formula is C21H19N5O3. The smallest absolute Gasteiger partial charge is 0.409 e. The van der Waals surface area contributed by atoms with Crippen molar-refractivity contribution in [3.8, 4) is 0 Å². The Hall–Kier alpha value is -3.94. The van der Waals surface area contributed by atoms with E-state index in [1.165, 1.54) is 0 Å². The highest BCUT2D eigenvalue weighted by Crippen LogP contribution is 2.23. The van der Waals surface area contributed by atoms with E-state index in [2.05, 4.69) is 20.6 Å². The number of aromatic nitrogens is 2. The Morgan fingerprint density at radius 1 is 1.17 bits per heavy atom. The molecule has 1 aliphatic heterocycles. The van der Waals surface area contributed by atoms with Crippen LogP contribution in [0.2, 0.25) is 0 Å². The zero-order valence-electron chi connectivity index (χ0n) is 15.7. The number of imidazole rings is 1. The number of fused-ring (bicyclic) bond motifs is 1. The van der Waals surface area contributed by atoms with E-state index in [0.717, 1.165) is 11.1 Å². The molecule has 2 heterocycles. The third kappa shape index (κ3) is 4.01. The lowest BCUT2D eigenvalue weighted by molar-refractivity contribution is -0.117. The highest BCUT2D eigenvalue weighted by Gasteiger charge is 2.28. The van der Waals surface area contributed by atoms with Gasteiger partial charge in [-0.3, -0.25) is 10.1 Å². The SMILES string of the molecule is Cn1ccnc1C1=NC(NC(=O)OCc2ccccc2)C(=O)Nc2ccccc21. The van der Waals surface area contributed by atoms with Crippen LogP contribution in [0, 0.1) is 0 Å². The minimum Gasteiger partial charge on any atom is -0.445 e. The second kappa shape index (κ2) is 7.97. The summed E-state index contributed by atoms with van der Waals surface area (Å²) in [5.74, 6) is 0.122. The first-order chi connectivity index (χ1) is 14.1. The molecule has 8 nitrogen and oxygen atoms in total. The van der Waals surface area contributed by atoms with Gasteiger partial charge in [0.15, 0.2) is 5.82 Å². The summed E-state index contributed by atoms with van der Waals surface area (Å²) in [4.78, 5) is 33.8. The van der Waals surface area contributed by atoms with Crippen molar-refractivity contribution < 1.29 is 14.3 Å². The summed E-state index contributed by atoms with van der Waals surface area (Å²) in [7, 11) is 1.84. The van der Waals surface area contributed by atoms with Crippen molar-refractivity contribution in [2.45, 2.75) is 12.8 Å². The fraction of sp³-hybridized carbons (Fsp3) is 0.143. The number of nitrogens with zero attached hydrogens (tertiary/aromatic N) is 3. The molecule has 146 valence electrons. The van der Waals surface area contributed by atoms with Gasteiger partial charge in [-0.1, -0.05) is 48.5 Å². The fourth-order valence-corrected chi connectivity index (χ4v) is 3.00. The van der Waals surface area contributed by atoms with Crippen molar-refractivity contribution in [1.29, 1.82) is 0 Å². The molecule has 0 saturated carbocycles. The van der Waals surface area contributed by atoms with Crippen molar-refractivity contribution in [1.82, 2.24) is 14.9 Å². The Morgan fingerprint density at radius 2 is 1.93 bits per heavy atom. The lowest BCUT2D eigenvalue weighted by atomic mass is 10.1. The molecule has 8 heteroatoms. The van der Waals surface area contributed by atoms with Gasteiger partial charge < -0.3 is 14.6 Å². The van der Waals surface area contributed by atoms with Gasteiger partial charge in [0, 0.05) is 25.0 Å². The number of aryl methyl sites for hydroxylation is 1. The molecule has 1 unspecified atom stereocenters. The summed E-state index contributed by atoms with van der Waals surface area (Å²) in [5.41, 5.74) is 2.66. The van der Waals surface area contributed by atoms with Crippen LogP contribution in [0.15, 0.2) is 72.0 Å². The van der Waals surface area contributed by atoms with Gasteiger partial charge >= 0.3 is 6.09 Å². The lowest BCUT2D eigenvalue weighted by Gasteiger charge is -2.13. The molecule has 0 saturated heterocycles. The first-order valence-corrected chi connectivity index (χ1v) is 9.05. The molecule has 3 aromatic rings. The number of carbonyl (C=O) groups is 2. The summed E-state index contributed by atoms with van der Waals surface area (Å²) in [6.07, 6.45) is 1.55. The van der Waals surface area contributed by atoms with Crippen LogP contribution in [0.5, 0.6) is 0 Å². The number of hydrogen-bond donors (Lipinski definition) is 2. The van der Waals surface area contributed by atoms with Crippen LogP contribution in [0.3, 0.4) is 0 Å². The summed E-state index contributed by atoms with van der Waals surface area (Å²) < 4.78 is 7.03. The number of carbonyl (C=O) groups excluding carboxylic acids is 2. The summed E-state index contributed by atoms with van der Waals surface area (Å²) in [6.45, 7) is 0.0944. The van der Waals surface area contributed by atoms with Gasteiger partial charge in [0.1, 0.15) is 12.3 Å². The van der Waals surface area contributed by atoms with E-state index < -0.39 is 18.2 Å². The monoisotopic (exact) mass is 389 g/mol. The number of ether oxygens (including phenoxy) is 1. The Bertz CT molecular complexity index is 1070. The highest BCUT2D eigenvalue weighted by atomic mass is 16.5. The van der Waals surface area contributed by atoms with Crippen LogP contribution < -0.4 is 10.6 Å². The molecule has 2 N–H and O–H groups in total. The lowest BCUT2D eigenvalue weighted by Crippen LogP contribution is -2.42. The zero-order valence-corrected chi connectivity index (χ0v) is 15.7. The number of benzene rings is 2. The molecule has 0 bridgehead atoms. The van der Waals surface area contributed by atoms with Gasteiger partial charge in [-0.2, -0.15) is 0 Å². The highest BCUT2D eigenvalue weighted by molar-refractivity contribution is 6.18. The van der Waals surface area contributed by atoms with Gasteiger partial charge in [-0.05, 0) is 11.6 Å². The van der Waals surface area contributed by atoms with Crippen molar-refractivity contribution in [3.05, 3.63) is 83.9 Å².